The topological polar surface area (TPSA) is 75.4 Å². The van der Waals surface area contributed by atoms with Crippen LogP contribution in [0.1, 0.15) is 31.4 Å². The van der Waals surface area contributed by atoms with Gasteiger partial charge in [-0.15, -0.1) is 0 Å². The number of nitrogens with one attached hydrogen (secondary N) is 1. The van der Waals surface area contributed by atoms with Crippen molar-refractivity contribution in [1.29, 1.82) is 0 Å². The Kier molecular flexibility index (Phi) is 5.80. The number of likely N-dealkylation sites (tertiary alicyclic amines) is 1. The average molecular weight is 324 g/mol. The Labute approximate surface area is 135 Å². The highest BCUT2D eigenvalue weighted by Gasteiger charge is 2.27. The van der Waals surface area contributed by atoms with Crippen LogP contribution in [0.4, 0.5) is 0 Å². The van der Waals surface area contributed by atoms with Gasteiger partial charge in [-0.05, 0) is 36.6 Å². The van der Waals surface area contributed by atoms with Crippen LogP contribution in [0.2, 0.25) is 5.02 Å². The summed E-state index contributed by atoms with van der Waals surface area (Å²) < 4.78 is 0. The van der Waals surface area contributed by atoms with E-state index in [4.69, 9.17) is 17.3 Å². The molecule has 1 aliphatic rings. The van der Waals surface area contributed by atoms with E-state index < -0.39 is 0 Å². The lowest BCUT2D eigenvalue weighted by Gasteiger charge is -2.22. The number of benzene rings is 1. The molecule has 0 bridgehead atoms. The molecule has 2 rings (SSSR count). The van der Waals surface area contributed by atoms with Crippen LogP contribution in [0.5, 0.6) is 0 Å². The van der Waals surface area contributed by atoms with E-state index in [1.165, 1.54) is 6.92 Å². The molecule has 0 spiro atoms. The summed E-state index contributed by atoms with van der Waals surface area (Å²) >= 11 is 5.89. The molecule has 2 unspecified atom stereocenters. The Morgan fingerprint density at radius 3 is 2.64 bits per heavy atom. The number of nitrogens with two attached hydrogens (primary N) is 1. The number of halogens is 1. The smallest absolute Gasteiger partial charge is 0.224 e. The second-order valence-corrected chi connectivity index (χ2v) is 6.18. The molecule has 1 fully saturated rings. The van der Waals surface area contributed by atoms with Crippen LogP contribution in [-0.2, 0) is 9.59 Å². The van der Waals surface area contributed by atoms with Gasteiger partial charge in [-0.2, -0.15) is 0 Å². The highest BCUT2D eigenvalue weighted by Crippen LogP contribution is 2.23. The van der Waals surface area contributed by atoms with Crippen molar-refractivity contribution in [3.05, 3.63) is 34.9 Å². The molecule has 0 saturated carbocycles. The van der Waals surface area contributed by atoms with E-state index in [1.54, 1.807) is 12.1 Å². The fourth-order valence-corrected chi connectivity index (χ4v) is 2.87. The number of amides is 2. The average Bonchev–Trinajstić information content (AvgIpc) is 2.96. The molecule has 3 N–H and O–H groups in total. The summed E-state index contributed by atoms with van der Waals surface area (Å²) in [4.78, 5) is 25.7. The molecule has 0 radical (unpaired) electrons. The normalized spacial score (nSPS) is 19.0. The number of hydrogen-bond acceptors (Lipinski definition) is 3. The molecule has 120 valence electrons. The second-order valence-electron chi connectivity index (χ2n) is 5.74. The van der Waals surface area contributed by atoms with Crippen molar-refractivity contribution in [2.75, 3.05) is 19.6 Å². The van der Waals surface area contributed by atoms with Gasteiger partial charge in [0.15, 0.2) is 0 Å². The third kappa shape index (κ3) is 4.45. The molecule has 0 aromatic heterocycles. The van der Waals surface area contributed by atoms with Gasteiger partial charge >= 0.3 is 0 Å². The van der Waals surface area contributed by atoms with Gasteiger partial charge in [-0.1, -0.05) is 23.7 Å². The Morgan fingerprint density at radius 2 is 2.09 bits per heavy atom. The molecule has 1 aromatic carbocycles. The van der Waals surface area contributed by atoms with Crippen molar-refractivity contribution in [1.82, 2.24) is 10.2 Å². The maximum Gasteiger partial charge on any atom is 0.224 e. The first-order valence-corrected chi connectivity index (χ1v) is 7.87. The number of carbonyl (C=O) groups is 2. The van der Waals surface area contributed by atoms with Gasteiger partial charge in [0.05, 0.1) is 12.5 Å². The minimum absolute atomic E-state index is 0.0460. The zero-order valence-electron chi connectivity index (χ0n) is 12.7. The van der Waals surface area contributed by atoms with E-state index in [1.807, 2.05) is 17.0 Å². The van der Waals surface area contributed by atoms with Crippen LogP contribution in [0.3, 0.4) is 0 Å². The molecular formula is C16H22ClN3O2. The molecule has 2 amide bonds. The van der Waals surface area contributed by atoms with Crippen molar-refractivity contribution in [3.63, 3.8) is 0 Å². The van der Waals surface area contributed by atoms with Gasteiger partial charge in [0.1, 0.15) is 0 Å². The Bertz CT molecular complexity index is 533. The number of rotatable bonds is 5. The zero-order valence-corrected chi connectivity index (χ0v) is 13.5. The predicted molar refractivity (Wildman–Crippen MR) is 86.4 cm³/mol. The monoisotopic (exact) mass is 323 g/mol. The van der Waals surface area contributed by atoms with Gasteiger partial charge in [0.25, 0.3) is 0 Å². The van der Waals surface area contributed by atoms with Crippen molar-refractivity contribution in [2.45, 2.75) is 25.8 Å². The molecule has 1 saturated heterocycles. The first-order valence-electron chi connectivity index (χ1n) is 7.50. The summed E-state index contributed by atoms with van der Waals surface area (Å²) in [6.45, 7) is 3.51. The lowest BCUT2D eigenvalue weighted by Crippen LogP contribution is -2.35. The summed E-state index contributed by atoms with van der Waals surface area (Å²) in [6.07, 6.45) is 1.20. The van der Waals surface area contributed by atoms with Crippen LogP contribution >= 0.6 is 11.6 Å². The third-order valence-electron chi connectivity index (χ3n) is 4.00. The third-order valence-corrected chi connectivity index (χ3v) is 4.25. The predicted octanol–water partition coefficient (Wildman–Crippen LogP) is 1.71. The zero-order chi connectivity index (χ0) is 16.1. The van der Waals surface area contributed by atoms with Gasteiger partial charge in [-0.3, -0.25) is 9.59 Å². The lowest BCUT2D eigenvalue weighted by atomic mass is 10.0. The molecule has 1 aromatic rings. The summed E-state index contributed by atoms with van der Waals surface area (Å²) in [5.74, 6) is 0.275. The van der Waals surface area contributed by atoms with Crippen LogP contribution in [0, 0.1) is 5.92 Å². The van der Waals surface area contributed by atoms with E-state index in [-0.39, 0.29) is 24.3 Å². The molecule has 22 heavy (non-hydrogen) atoms. The van der Waals surface area contributed by atoms with Gasteiger partial charge in [0.2, 0.25) is 11.8 Å². The van der Waals surface area contributed by atoms with E-state index in [9.17, 15) is 9.59 Å². The van der Waals surface area contributed by atoms with Crippen molar-refractivity contribution in [2.24, 2.45) is 11.7 Å². The standard InChI is InChI=1S/C16H22ClN3O2/c1-11(21)19-15(13-2-4-14(17)5-3-13)8-16(22)20-7-6-12(9-18)10-20/h2-5,12,15H,6-10,18H2,1H3,(H,19,21). The van der Waals surface area contributed by atoms with E-state index in [0.29, 0.717) is 24.0 Å². The van der Waals surface area contributed by atoms with E-state index >= 15 is 0 Å². The van der Waals surface area contributed by atoms with Crippen LogP contribution in [-0.4, -0.2) is 36.3 Å². The Hall–Kier alpha value is -1.59. The molecule has 1 heterocycles. The fourth-order valence-electron chi connectivity index (χ4n) is 2.75. The number of hydrogen-bond donors (Lipinski definition) is 2. The number of carbonyl (C=O) groups excluding carboxylic acids is 2. The fraction of sp³-hybridized carbons (Fsp3) is 0.500. The van der Waals surface area contributed by atoms with Gasteiger partial charge < -0.3 is 16.0 Å². The van der Waals surface area contributed by atoms with Crippen LogP contribution in [0.15, 0.2) is 24.3 Å². The SMILES string of the molecule is CC(=O)NC(CC(=O)N1CCC(CN)C1)c1ccc(Cl)cc1. The summed E-state index contributed by atoms with van der Waals surface area (Å²) in [5.41, 5.74) is 6.54. The molecule has 1 aliphatic heterocycles. The van der Waals surface area contributed by atoms with Gasteiger partial charge in [0, 0.05) is 25.0 Å². The maximum absolute atomic E-state index is 12.4. The van der Waals surface area contributed by atoms with Crippen molar-refractivity contribution in [3.8, 4) is 0 Å². The first-order chi connectivity index (χ1) is 10.5. The van der Waals surface area contributed by atoms with E-state index in [2.05, 4.69) is 5.32 Å². The summed E-state index contributed by atoms with van der Waals surface area (Å²) in [6, 6.07) is 6.86. The highest BCUT2D eigenvalue weighted by molar-refractivity contribution is 6.30. The molecule has 6 heteroatoms. The minimum atomic E-state index is -0.334. The highest BCUT2D eigenvalue weighted by atomic mass is 35.5. The Morgan fingerprint density at radius 1 is 1.41 bits per heavy atom. The number of nitrogens with zero attached hydrogens (tertiary/aromatic N) is 1. The second kappa shape index (κ2) is 7.61. The quantitative estimate of drug-likeness (QED) is 0.866. The minimum Gasteiger partial charge on any atom is -0.349 e. The molecule has 0 aliphatic carbocycles. The van der Waals surface area contributed by atoms with E-state index in [0.717, 1.165) is 18.5 Å². The molecule has 5 nitrogen and oxygen atoms in total. The largest absolute Gasteiger partial charge is 0.349 e. The maximum atomic E-state index is 12.4. The first kappa shape index (κ1) is 16.8. The van der Waals surface area contributed by atoms with Gasteiger partial charge in [-0.25, -0.2) is 0 Å². The van der Waals surface area contributed by atoms with Crippen LogP contribution in [0.25, 0.3) is 0 Å². The Balaban J connectivity index is 2.05. The summed E-state index contributed by atoms with van der Waals surface area (Å²) in [5, 5.41) is 3.47. The molecule has 2 atom stereocenters. The summed E-state index contributed by atoms with van der Waals surface area (Å²) in [7, 11) is 0. The molecular weight excluding hydrogens is 302 g/mol. The van der Waals surface area contributed by atoms with Crippen molar-refractivity contribution < 1.29 is 9.59 Å². The van der Waals surface area contributed by atoms with Crippen LogP contribution < -0.4 is 11.1 Å². The van der Waals surface area contributed by atoms with Crippen molar-refractivity contribution >= 4 is 23.4 Å². The lowest BCUT2D eigenvalue weighted by molar-refractivity contribution is -0.131.